The van der Waals surface area contributed by atoms with Crippen molar-refractivity contribution in [3.63, 3.8) is 0 Å². The summed E-state index contributed by atoms with van der Waals surface area (Å²) in [5.41, 5.74) is 0.608. The molecule has 1 fully saturated rings. The predicted octanol–water partition coefficient (Wildman–Crippen LogP) is 2.51. The number of ketones is 1. The summed E-state index contributed by atoms with van der Waals surface area (Å²) in [5.74, 6) is 0.0305. The number of carbonyl (C=O) groups excluding carboxylic acids is 2. The molecule has 0 radical (unpaired) electrons. The maximum absolute atomic E-state index is 12.2. The molecule has 0 spiro atoms. The lowest BCUT2D eigenvalue weighted by Gasteiger charge is -2.31. The second-order valence-corrected chi connectivity index (χ2v) is 5.85. The number of amides is 1. The third kappa shape index (κ3) is 4.55. The van der Waals surface area contributed by atoms with Crippen LogP contribution < -0.4 is 5.32 Å². The molecule has 1 aromatic rings. The van der Waals surface area contributed by atoms with E-state index in [2.05, 4.69) is 5.32 Å². The highest BCUT2D eigenvalue weighted by atomic mass is 35.5. The zero-order valence-corrected chi connectivity index (χ0v) is 13.0. The lowest BCUT2D eigenvalue weighted by atomic mass is 10.0. The zero-order valence-electron chi connectivity index (χ0n) is 12.3. The van der Waals surface area contributed by atoms with Crippen molar-refractivity contribution in [1.29, 1.82) is 0 Å². The smallest absolute Gasteiger partial charge is 0.223 e. The predicted molar refractivity (Wildman–Crippen MR) is 83.7 cm³/mol. The topological polar surface area (TPSA) is 49.4 Å². The summed E-state index contributed by atoms with van der Waals surface area (Å²) in [4.78, 5) is 26.0. The van der Waals surface area contributed by atoms with E-state index in [0.717, 1.165) is 25.9 Å². The molecule has 114 valence electrons. The molecule has 1 aliphatic rings. The summed E-state index contributed by atoms with van der Waals surface area (Å²) in [5, 5.41) is 3.89. The van der Waals surface area contributed by atoms with Gasteiger partial charge < -0.3 is 10.2 Å². The fourth-order valence-electron chi connectivity index (χ4n) is 2.57. The van der Waals surface area contributed by atoms with Gasteiger partial charge >= 0.3 is 0 Å². The van der Waals surface area contributed by atoms with Crippen LogP contribution in [0.15, 0.2) is 24.3 Å². The number of halogens is 1. The van der Waals surface area contributed by atoms with Crippen molar-refractivity contribution in [3.05, 3.63) is 34.9 Å². The van der Waals surface area contributed by atoms with Gasteiger partial charge in [-0.05, 0) is 50.2 Å². The Bertz CT molecular complexity index is 496. The fourth-order valence-corrected chi connectivity index (χ4v) is 2.70. The lowest BCUT2D eigenvalue weighted by molar-refractivity contribution is -0.132. The Balaban J connectivity index is 1.82. The number of nitrogens with one attached hydrogen (secondary N) is 1. The molecule has 0 atom stereocenters. The molecule has 4 nitrogen and oxygen atoms in total. The van der Waals surface area contributed by atoms with Crippen LogP contribution in [0, 0.1) is 0 Å². The maximum atomic E-state index is 12.2. The van der Waals surface area contributed by atoms with Crippen LogP contribution in [0.2, 0.25) is 5.02 Å². The van der Waals surface area contributed by atoms with Crippen molar-refractivity contribution in [1.82, 2.24) is 10.2 Å². The van der Waals surface area contributed by atoms with Crippen LogP contribution in [0.1, 0.15) is 36.0 Å². The van der Waals surface area contributed by atoms with E-state index in [9.17, 15) is 9.59 Å². The van der Waals surface area contributed by atoms with Gasteiger partial charge in [-0.3, -0.25) is 9.59 Å². The monoisotopic (exact) mass is 308 g/mol. The lowest BCUT2D eigenvalue weighted by Crippen LogP contribution is -2.44. The first kappa shape index (κ1) is 16.0. The first-order valence-corrected chi connectivity index (χ1v) is 7.71. The summed E-state index contributed by atoms with van der Waals surface area (Å²) in [6.07, 6.45) is 2.47. The maximum Gasteiger partial charge on any atom is 0.223 e. The molecule has 1 aromatic carbocycles. The highest BCUT2D eigenvalue weighted by Gasteiger charge is 2.22. The number of benzene rings is 1. The van der Waals surface area contributed by atoms with Crippen molar-refractivity contribution in [3.8, 4) is 0 Å². The summed E-state index contributed by atoms with van der Waals surface area (Å²) < 4.78 is 0. The average Bonchev–Trinajstić information content (AvgIpc) is 2.53. The molecule has 5 heteroatoms. The summed E-state index contributed by atoms with van der Waals surface area (Å²) >= 11 is 5.79. The molecule has 1 aliphatic heterocycles. The number of rotatable bonds is 5. The highest BCUT2D eigenvalue weighted by Crippen LogP contribution is 2.14. The van der Waals surface area contributed by atoms with E-state index in [-0.39, 0.29) is 24.5 Å². The summed E-state index contributed by atoms with van der Waals surface area (Å²) in [7, 11) is 1.84. The van der Waals surface area contributed by atoms with Gasteiger partial charge in [0.25, 0.3) is 0 Å². The second-order valence-electron chi connectivity index (χ2n) is 5.42. The largest absolute Gasteiger partial charge is 0.343 e. The Hall–Kier alpha value is -1.39. The van der Waals surface area contributed by atoms with Crippen LogP contribution in [-0.4, -0.2) is 42.8 Å². The van der Waals surface area contributed by atoms with Crippen molar-refractivity contribution < 1.29 is 9.59 Å². The Morgan fingerprint density at radius 1 is 1.19 bits per heavy atom. The van der Waals surface area contributed by atoms with Crippen LogP contribution in [-0.2, 0) is 4.79 Å². The van der Waals surface area contributed by atoms with E-state index in [4.69, 9.17) is 11.6 Å². The van der Waals surface area contributed by atoms with E-state index in [1.807, 2.05) is 7.05 Å². The van der Waals surface area contributed by atoms with Crippen LogP contribution in [0.3, 0.4) is 0 Å². The average molecular weight is 309 g/mol. The molecule has 0 unspecified atom stereocenters. The molecular weight excluding hydrogens is 288 g/mol. The van der Waals surface area contributed by atoms with Gasteiger partial charge in [-0.2, -0.15) is 0 Å². The van der Waals surface area contributed by atoms with Crippen LogP contribution in [0.5, 0.6) is 0 Å². The minimum atomic E-state index is -0.0151. The molecule has 2 rings (SSSR count). The number of nitrogens with zero attached hydrogens (tertiary/aromatic N) is 1. The summed E-state index contributed by atoms with van der Waals surface area (Å²) in [6, 6.07) is 7.08. The van der Waals surface area contributed by atoms with Gasteiger partial charge in [-0.15, -0.1) is 0 Å². The van der Waals surface area contributed by atoms with Gasteiger partial charge in [-0.25, -0.2) is 0 Å². The van der Waals surface area contributed by atoms with Gasteiger partial charge in [0.1, 0.15) is 0 Å². The van der Waals surface area contributed by atoms with Crippen LogP contribution >= 0.6 is 11.6 Å². The van der Waals surface area contributed by atoms with E-state index in [1.165, 1.54) is 0 Å². The van der Waals surface area contributed by atoms with E-state index in [0.29, 0.717) is 16.6 Å². The molecule has 0 aromatic heterocycles. The van der Waals surface area contributed by atoms with Gasteiger partial charge in [0, 0.05) is 36.5 Å². The highest BCUT2D eigenvalue weighted by molar-refractivity contribution is 6.30. The number of hydrogen-bond donors (Lipinski definition) is 1. The Kier molecular flexibility index (Phi) is 5.76. The van der Waals surface area contributed by atoms with Gasteiger partial charge in [0.15, 0.2) is 5.78 Å². The zero-order chi connectivity index (χ0) is 15.2. The standard InChI is InChI=1S/C16H21ClN2O2/c1-19(14-8-10-18-11-9-14)16(21)7-6-15(20)12-2-4-13(17)5-3-12/h2-5,14,18H,6-11H2,1H3. The second kappa shape index (κ2) is 7.57. The molecule has 1 heterocycles. The van der Waals surface area contributed by atoms with E-state index in [1.54, 1.807) is 29.2 Å². The number of Topliss-reactive ketones (excluding diaryl/α,β-unsaturated/α-hetero) is 1. The minimum Gasteiger partial charge on any atom is -0.343 e. The molecular formula is C16H21ClN2O2. The van der Waals surface area contributed by atoms with E-state index < -0.39 is 0 Å². The number of piperidine rings is 1. The van der Waals surface area contributed by atoms with Gasteiger partial charge in [0.2, 0.25) is 5.91 Å². The molecule has 0 saturated carbocycles. The van der Waals surface area contributed by atoms with Crippen molar-refractivity contribution >= 4 is 23.3 Å². The van der Waals surface area contributed by atoms with Gasteiger partial charge in [-0.1, -0.05) is 11.6 Å². The normalized spacial score (nSPS) is 15.7. The van der Waals surface area contributed by atoms with Crippen molar-refractivity contribution in [2.24, 2.45) is 0 Å². The SMILES string of the molecule is CN(C(=O)CCC(=O)c1ccc(Cl)cc1)C1CCNCC1. The number of carbonyl (C=O) groups is 2. The number of hydrogen-bond acceptors (Lipinski definition) is 3. The minimum absolute atomic E-state index is 0.0151. The molecule has 1 amide bonds. The Morgan fingerprint density at radius 2 is 1.81 bits per heavy atom. The molecule has 1 N–H and O–H groups in total. The van der Waals surface area contributed by atoms with E-state index >= 15 is 0 Å². The third-order valence-electron chi connectivity index (χ3n) is 3.98. The van der Waals surface area contributed by atoms with Crippen molar-refractivity contribution in [2.45, 2.75) is 31.7 Å². The van der Waals surface area contributed by atoms with Crippen molar-refractivity contribution in [2.75, 3.05) is 20.1 Å². The third-order valence-corrected chi connectivity index (χ3v) is 4.23. The quantitative estimate of drug-likeness (QED) is 0.850. The molecule has 0 bridgehead atoms. The van der Waals surface area contributed by atoms with Crippen LogP contribution in [0.25, 0.3) is 0 Å². The molecule has 21 heavy (non-hydrogen) atoms. The first-order chi connectivity index (χ1) is 10.1. The van der Waals surface area contributed by atoms with Crippen LogP contribution in [0.4, 0.5) is 0 Å². The molecule has 1 saturated heterocycles. The first-order valence-electron chi connectivity index (χ1n) is 7.33. The Morgan fingerprint density at radius 3 is 2.43 bits per heavy atom. The fraction of sp³-hybridized carbons (Fsp3) is 0.500. The summed E-state index contributed by atoms with van der Waals surface area (Å²) in [6.45, 7) is 1.90. The Labute approximate surface area is 130 Å². The van der Waals surface area contributed by atoms with Gasteiger partial charge in [0.05, 0.1) is 0 Å². The molecule has 0 aliphatic carbocycles.